The van der Waals surface area contributed by atoms with Gasteiger partial charge in [-0.25, -0.2) is 0 Å². The highest BCUT2D eigenvalue weighted by Crippen LogP contribution is 2.35. The van der Waals surface area contributed by atoms with Crippen molar-refractivity contribution < 1.29 is 9.21 Å². The molecule has 0 atom stereocenters. The minimum atomic E-state index is 0.428. The molecule has 3 nitrogen and oxygen atoms in total. The van der Waals surface area contributed by atoms with Crippen LogP contribution in [0.25, 0.3) is 11.0 Å². The number of hydrogen-bond acceptors (Lipinski definition) is 3. The van der Waals surface area contributed by atoms with Gasteiger partial charge in [-0.1, -0.05) is 11.6 Å². The van der Waals surface area contributed by atoms with Crippen LogP contribution in [0.15, 0.2) is 16.5 Å². The van der Waals surface area contributed by atoms with Crippen LogP contribution in [-0.2, 0) is 13.0 Å². The van der Waals surface area contributed by atoms with Crippen LogP contribution in [0.2, 0.25) is 5.02 Å². The highest BCUT2D eigenvalue weighted by molar-refractivity contribution is 6.32. The Hall–Kier alpha value is -1.32. The molecule has 0 saturated heterocycles. The second-order valence-electron chi connectivity index (χ2n) is 4.45. The third-order valence-electron chi connectivity index (χ3n) is 3.32. The van der Waals surface area contributed by atoms with Crippen molar-refractivity contribution in [2.45, 2.75) is 13.0 Å². The molecule has 0 saturated carbocycles. The van der Waals surface area contributed by atoms with E-state index >= 15 is 0 Å². The number of rotatable bonds is 1. The van der Waals surface area contributed by atoms with Crippen LogP contribution in [0.1, 0.15) is 21.7 Å². The Morgan fingerprint density at radius 2 is 2.24 bits per heavy atom. The van der Waals surface area contributed by atoms with Gasteiger partial charge in [0.05, 0.1) is 0 Å². The van der Waals surface area contributed by atoms with Crippen LogP contribution in [0.5, 0.6) is 0 Å². The average molecular weight is 250 g/mol. The summed E-state index contributed by atoms with van der Waals surface area (Å²) < 4.78 is 5.57. The van der Waals surface area contributed by atoms with Gasteiger partial charge in [0.15, 0.2) is 12.0 Å². The number of hydrogen-bond donors (Lipinski definition) is 0. The standard InChI is InChI=1S/C13H12ClNO2/c1-15-5-4-8-10(14)2-3-11-13(8)9(6-15)12(7-16)17-11/h2-3,7H,4-6H2,1H3. The molecule has 0 radical (unpaired) electrons. The lowest BCUT2D eigenvalue weighted by molar-refractivity contribution is 0.110. The van der Waals surface area contributed by atoms with E-state index < -0.39 is 0 Å². The predicted molar refractivity (Wildman–Crippen MR) is 66.6 cm³/mol. The molecule has 4 heteroatoms. The van der Waals surface area contributed by atoms with Crippen molar-refractivity contribution in [2.75, 3.05) is 13.6 Å². The van der Waals surface area contributed by atoms with Gasteiger partial charge < -0.3 is 9.32 Å². The molecule has 1 aliphatic heterocycles. The number of likely N-dealkylation sites (N-methyl/N-ethyl adjacent to an activating group) is 1. The Bertz CT molecular complexity index is 603. The summed E-state index contributed by atoms with van der Waals surface area (Å²) in [5, 5.41) is 1.79. The molecule has 17 heavy (non-hydrogen) atoms. The number of halogens is 1. The lowest BCUT2D eigenvalue weighted by atomic mass is 10.0. The van der Waals surface area contributed by atoms with Crippen LogP contribution in [0.3, 0.4) is 0 Å². The Labute approximate surface area is 104 Å². The van der Waals surface area contributed by atoms with Gasteiger partial charge in [-0.2, -0.15) is 0 Å². The minimum absolute atomic E-state index is 0.428. The van der Waals surface area contributed by atoms with Crippen molar-refractivity contribution in [3.8, 4) is 0 Å². The first-order chi connectivity index (χ1) is 8.20. The molecular weight excluding hydrogens is 238 g/mol. The van der Waals surface area contributed by atoms with Gasteiger partial charge in [0.1, 0.15) is 5.58 Å². The molecule has 0 aliphatic carbocycles. The fraction of sp³-hybridized carbons (Fsp3) is 0.308. The molecule has 2 aromatic rings. The summed E-state index contributed by atoms with van der Waals surface area (Å²) in [4.78, 5) is 13.2. The zero-order chi connectivity index (χ0) is 12.0. The molecule has 0 N–H and O–H groups in total. The average Bonchev–Trinajstić information content (AvgIpc) is 2.56. The Kier molecular flexibility index (Phi) is 2.45. The maximum absolute atomic E-state index is 11.0. The van der Waals surface area contributed by atoms with Crippen LogP contribution >= 0.6 is 11.6 Å². The van der Waals surface area contributed by atoms with Gasteiger partial charge in [0.2, 0.25) is 0 Å². The minimum Gasteiger partial charge on any atom is -0.453 e. The summed E-state index contributed by atoms with van der Waals surface area (Å²) in [5.41, 5.74) is 2.82. The van der Waals surface area contributed by atoms with E-state index in [1.165, 1.54) is 0 Å². The zero-order valence-corrected chi connectivity index (χ0v) is 10.3. The van der Waals surface area contributed by atoms with Crippen molar-refractivity contribution in [3.63, 3.8) is 0 Å². The maximum Gasteiger partial charge on any atom is 0.185 e. The van der Waals surface area contributed by atoms with Crippen molar-refractivity contribution in [1.29, 1.82) is 0 Å². The largest absolute Gasteiger partial charge is 0.453 e. The van der Waals surface area contributed by atoms with Gasteiger partial charge in [-0.05, 0) is 31.2 Å². The van der Waals surface area contributed by atoms with Gasteiger partial charge >= 0.3 is 0 Å². The molecule has 0 spiro atoms. The smallest absolute Gasteiger partial charge is 0.185 e. The molecule has 3 rings (SSSR count). The number of aldehydes is 1. The van der Waals surface area contributed by atoms with E-state index in [0.717, 1.165) is 52.9 Å². The molecular formula is C13H12ClNO2. The highest BCUT2D eigenvalue weighted by atomic mass is 35.5. The molecule has 0 unspecified atom stereocenters. The summed E-state index contributed by atoms with van der Waals surface area (Å²) in [6.07, 6.45) is 1.67. The van der Waals surface area contributed by atoms with Gasteiger partial charge in [-0.3, -0.25) is 4.79 Å². The van der Waals surface area contributed by atoms with Crippen molar-refractivity contribution in [2.24, 2.45) is 0 Å². The molecule has 2 heterocycles. The van der Waals surface area contributed by atoms with Gasteiger partial charge in [0.25, 0.3) is 0 Å². The molecule has 1 aromatic carbocycles. The van der Waals surface area contributed by atoms with E-state index in [1.54, 1.807) is 0 Å². The van der Waals surface area contributed by atoms with Crippen LogP contribution in [-0.4, -0.2) is 24.8 Å². The molecule has 1 aliphatic rings. The normalized spacial score (nSPS) is 16.1. The van der Waals surface area contributed by atoms with Crippen LogP contribution in [0, 0.1) is 0 Å². The van der Waals surface area contributed by atoms with E-state index in [-0.39, 0.29) is 0 Å². The Morgan fingerprint density at radius 3 is 3.00 bits per heavy atom. The van der Waals surface area contributed by atoms with Crippen LogP contribution in [0.4, 0.5) is 0 Å². The summed E-state index contributed by atoms with van der Waals surface area (Å²) in [7, 11) is 2.03. The summed E-state index contributed by atoms with van der Waals surface area (Å²) in [5.74, 6) is 0.428. The van der Waals surface area contributed by atoms with E-state index in [4.69, 9.17) is 16.0 Å². The topological polar surface area (TPSA) is 33.5 Å². The third-order valence-corrected chi connectivity index (χ3v) is 3.67. The van der Waals surface area contributed by atoms with E-state index in [0.29, 0.717) is 5.76 Å². The Balaban J connectivity index is 2.39. The zero-order valence-electron chi connectivity index (χ0n) is 9.50. The first-order valence-corrected chi connectivity index (χ1v) is 5.95. The number of carbonyl (C=O) groups excluding carboxylic acids is 1. The molecule has 1 aromatic heterocycles. The number of furan rings is 1. The fourth-order valence-corrected chi connectivity index (χ4v) is 2.72. The molecule has 88 valence electrons. The third kappa shape index (κ3) is 1.58. The predicted octanol–water partition coefficient (Wildman–Crippen LogP) is 2.89. The highest BCUT2D eigenvalue weighted by Gasteiger charge is 2.22. The van der Waals surface area contributed by atoms with E-state index in [2.05, 4.69) is 4.90 Å². The van der Waals surface area contributed by atoms with Gasteiger partial charge in [-0.15, -0.1) is 0 Å². The van der Waals surface area contributed by atoms with Gasteiger partial charge in [0, 0.05) is 29.1 Å². The van der Waals surface area contributed by atoms with Crippen molar-refractivity contribution in [1.82, 2.24) is 4.90 Å². The fourth-order valence-electron chi connectivity index (χ4n) is 2.47. The Morgan fingerprint density at radius 1 is 1.41 bits per heavy atom. The van der Waals surface area contributed by atoms with Crippen molar-refractivity contribution >= 4 is 28.9 Å². The number of benzene rings is 1. The first kappa shape index (κ1) is 10.8. The number of carbonyl (C=O) groups is 1. The van der Waals surface area contributed by atoms with E-state index in [9.17, 15) is 4.79 Å². The lowest BCUT2D eigenvalue weighted by Crippen LogP contribution is -2.19. The van der Waals surface area contributed by atoms with Crippen LogP contribution < -0.4 is 0 Å². The monoisotopic (exact) mass is 249 g/mol. The SMILES string of the molecule is CN1CCc2c(Cl)ccc3oc(C=O)c(c23)C1. The van der Waals surface area contributed by atoms with Crippen molar-refractivity contribution in [3.05, 3.63) is 34.0 Å². The second kappa shape index (κ2) is 3.86. The number of nitrogens with zero attached hydrogens (tertiary/aromatic N) is 1. The molecule has 0 fully saturated rings. The molecule has 0 amide bonds. The first-order valence-electron chi connectivity index (χ1n) is 5.57. The lowest BCUT2D eigenvalue weighted by Gasteiger charge is -2.12. The summed E-state index contributed by atoms with van der Waals surface area (Å²) in [6, 6.07) is 3.68. The summed E-state index contributed by atoms with van der Waals surface area (Å²) in [6.45, 7) is 1.67. The van der Waals surface area contributed by atoms with E-state index in [1.807, 2.05) is 19.2 Å². The maximum atomic E-state index is 11.0. The molecule has 0 bridgehead atoms. The quantitative estimate of drug-likeness (QED) is 0.729. The summed E-state index contributed by atoms with van der Waals surface area (Å²) >= 11 is 6.23. The second-order valence-corrected chi connectivity index (χ2v) is 4.86.